The largest absolute Gasteiger partial charge is 0.497 e. The number of rotatable bonds is 6. The van der Waals surface area contributed by atoms with Crippen molar-refractivity contribution in [3.63, 3.8) is 0 Å². The standard InChI is InChI=1S/C18H16ClN5O2/c1-26-14-8-2-11(3-9-14)10-21-17-15(16(20)25)18(24-23-17)22-13-6-4-12(19)5-7-13/h2-10H,1H3,(H2,20,25)(H2,22,23,24)/b21-10+. The molecule has 0 fully saturated rings. The number of nitrogens with one attached hydrogen (secondary N) is 2. The summed E-state index contributed by atoms with van der Waals surface area (Å²) >= 11 is 5.87. The van der Waals surface area contributed by atoms with E-state index in [1.165, 1.54) is 0 Å². The zero-order valence-electron chi connectivity index (χ0n) is 13.9. The quantitative estimate of drug-likeness (QED) is 0.576. The number of ether oxygens (including phenoxy) is 1. The predicted molar refractivity (Wildman–Crippen MR) is 102 cm³/mol. The lowest BCUT2D eigenvalue weighted by molar-refractivity contribution is 0.100. The molecule has 0 aliphatic rings. The van der Waals surface area contributed by atoms with Gasteiger partial charge in [0.15, 0.2) is 11.6 Å². The average Bonchev–Trinajstić information content (AvgIpc) is 3.05. The maximum atomic E-state index is 11.9. The fourth-order valence-corrected chi connectivity index (χ4v) is 2.38. The Kier molecular flexibility index (Phi) is 5.19. The monoisotopic (exact) mass is 369 g/mol. The van der Waals surface area contributed by atoms with Gasteiger partial charge in [-0.05, 0) is 54.1 Å². The molecule has 1 amide bonds. The molecule has 0 saturated carbocycles. The summed E-state index contributed by atoms with van der Waals surface area (Å²) in [4.78, 5) is 16.1. The van der Waals surface area contributed by atoms with Crippen LogP contribution in [-0.2, 0) is 0 Å². The van der Waals surface area contributed by atoms with Gasteiger partial charge in [-0.25, -0.2) is 4.99 Å². The van der Waals surface area contributed by atoms with Crippen LogP contribution in [0.5, 0.6) is 5.75 Å². The van der Waals surface area contributed by atoms with E-state index in [0.717, 1.165) is 11.3 Å². The van der Waals surface area contributed by atoms with Crippen LogP contribution in [0.1, 0.15) is 15.9 Å². The predicted octanol–water partition coefficient (Wildman–Crippen LogP) is 3.66. The fraction of sp³-hybridized carbons (Fsp3) is 0.0556. The maximum absolute atomic E-state index is 11.9. The summed E-state index contributed by atoms with van der Waals surface area (Å²) in [6, 6.07) is 14.3. The minimum absolute atomic E-state index is 0.171. The smallest absolute Gasteiger partial charge is 0.256 e. The number of hydrogen-bond donors (Lipinski definition) is 3. The second-order valence-corrected chi connectivity index (χ2v) is 5.76. The first-order valence-corrected chi connectivity index (χ1v) is 8.03. The van der Waals surface area contributed by atoms with Crippen LogP contribution in [-0.4, -0.2) is 29.4 Å². The molecule has 3 rings (SSSR count). The molecular weight excluding hydrogens is 354 g/mol. The van der Waals surface area contributed by atoms with Crippen LogP contribution in [0.4, 0.5) is 17.3 Å². The molecule has 2 aromatic carbocycles. The average molecular weight is 370 g/mol. The van der Waals surface area contributed by atoms with Crippen molar-refractivity contribution in [3.05, 3.63) is 64.7 Å². The summed E-state index contributed by atoms with van der Waals surface area (Å²) in [5.74, 6) is 0.666. The summed E-state index contributed by atoms with van der Waals surface area (Å²) in [5.41, 5.74) is 7.22. The van der Waals surface area contributed by atoms with E-state index < -0.39 is 5.91 Å². The number of hydrogen-bond acceptors (Lipinski definition) is 5. The van der Waals surface area contributed by atoms with Gasteiger partial charge in [-0.2, -0.15) is 5.10 Å². The number of primary amides is 1. The molecule has 4 N–H and O–H groups in total. The highest BCUT2D eigenvalue weighted by Gasteiger charge is 2.18. The van der Waals surface area contributed by atoms with E-state index in [4.69, 9.17) is 22.1 Å². The number of anilines is 2. The number of carbonyl (C=O) groups is 1. The van der Waals surface area contributed by atoms with Crippen LogP contribution in [0.2, 0.25) is 5.02 Å². The number of nitrogens with zero attached hydrogens (tertiary/aromatic N) is 2. The molecule has 3 aromatic rings. The molecule has 0 aliphatic carbocycles. The van der Waals surface area contributed by atoms with Gasteiger partial charge in [0.25, 0.3) is 5.91 Å². The SMILES string of the molecule is COc1ccc(/C=N/c2[nH]nc(Nc3ccc(Cl)cc3)c2C(N)=O)cc1. The molecule has 0 bridgehead atoms. The minimum Gasteiger partial charge on any atom is -0.497 e. The number of carbonyl (C=O) groups excluding carboxylic acids is 1. The Labute approximate surface area is 154 Å². The number of amides is 1. The van der Waals surface area contributed by atoms with E-state index in [-0.39, 0.29) is 11.4 Å². The first kappa shape index (κ1) is 17.5. The van der Waals surface area contributed by atoms with E-state index in [0.29, 0.717) is 16.5 Å². The fourth-order valence-electron chi connectivity index (χ4n) is 2.25. The van der Waals surface area contributed by atoms with Crippen LogP contribution in [0.25, 0.3) is 0 Å². The molecule has 0 unspecified atom stereocenters. The topological polar surface area (TPSA) is 105 Å². The van der Waals surface area contributed by atoms with Crippen LogP contribution in [0, 0.1) is 0 Å². The van der Waals surface area contributed by atoms with E-state index in [1.807, 2.05) is 24.3 Å². The van der Waals surface area contributed by atoms with Gasteiger partial charge in [-0.3, -0.25) is 9.89 Å². The van der Waals surface area contributed by atoms with Gasteiger partial charge in [-0.1, -0.05) is 11.6 Å². The van der Waals surface area contributed by atoms with Crippen LogP contribution >= 0.6 is 11.6 Å². The van der Waals surface area contributed by atoms with Crippen molar-refractivity contribution in [1.29, 1.82) is 0 Å². The van der Waals surface area contributed by atoms with Crippen molar-refractivity contribution in [2.75, 3.05) is 12.4 Å². The molecule has 0 atom stereocenters. The van der Waals surface area contributed by atoms with Gasteiger partial charge < -0.3 is 15.8 Å². The maximum Gasteiger partial charge on any atom is 0.256 e. The summed E-state index contributed by atoms with van der Waals surface area (Å²) < 4.78 is 5.11. The van der Waals surface area contributed by atoms with Crippen molar-refractivity contribution in [3.8, 4) is 5.75 Å². The molecular formula is C18H16ClN5O2. The Morgan fingerprint density at radius 2 is 1.92 bits per heavy atom. The van der Waals surface area contributed by atoms with Crippen LogP contribution < -0.4 is 15.8 Å². The van der Waals surface area contributed by atoms with Crippen molar-refractivity contribution >= 4 is 41.0 Å². The molecule has 0 radical (unpaired) electrons. The summed E-state index contributed by atoms with van der Waals surface area (Å²) in [6.45, 7) is 0. The van der Waals surface area contributed by atoms with Gasteiger partial charge in [0.1, 0.15) is 11.3 Å². The third-order valence-corrected chi connectivity index (χ3v) is 3.81. The summed E-state index contributed by atoms with van der Waals surface area (Å²) in [6.07, 6.45) is 1.60. The van der Waals surface area contributed by atoms with Gasteiger partial charge >= 0.3 is 0 Å². The van der Waals surface area contributed by atoms with Gasteiger partial charge in [0.05, 0.1) is 7.11 Å². The highest BCUT2D eigenvalue weighted by molar-refractivity contribution is 6.30. The van der Waals surface area contributed by atoms with Gasteiger partial charge in [0.2, 0.25) is 0 Å². The number of H-pyrrole nitrogens is 1. The zero-order chi connectivity index (χ0) is 18.5. The minimum atomic E-state index is -0.642. The van der Waals surface area contributed by atoms with Crippen molar-refractivity contribution in [2.24, 2.45) is 10.7 Å². The number of benzene rings is 2. The van der Waals surface area contributed by atoms with Crippen molar-refractivity contribution in [2.45, 2.75) is 0 Å². The molecule has 1 aromatic heterocycles. The molecule has 8 heteroatoms. The van der Waals surface area contributed by atoms with Crippen LogP contribution in [0.15, 0.2) is 53.5 Å². The van der Waals surface area contributed by atoms with Gasteiger partial charge in [0, 0.05) is 16.9 Å². The number of aromatic nitrogens is 2. The lowest BCUT2D eigenvalue weighted by atomic mass is 10.2. The lowest BCUT2D eigenvalue weighted by Gasteiger charge is -2.04. The number of methoxy groups -OCH3 is 1. The molecule has 132 valence electrons. The Hall–Kier alpha value is -3.32. The number of halogens is 1. The summed E-state index contributed by atoms with van der Waals surface area (Å²) in [7, 11) is 1.60. The second kappa shape index (κ2) is 7.71. The zero-order valence-corrected chi connectivity index (χ0v) is 14.6. The highest BCUT2D eigenvalue weighted by Crippen LogP contribution is 2.26. The Balaban J connectivity index is 1.85. The van der Waals surface area contributed by atoms with Crippen molar-refractivity contribution in [1.82, 2.24) is 10.2 Å². The molecule has 1 heterocycles. The van der Waals surface area contributed by atoms with Crippen LogP contribution in [0.3, 0.4) is 0 Å². The molecule has 7 nitrogen and oxygen atoms in total. The lowest BCUT2D eigenvalue weighted by Crippen LogP contribution is -2.12. The number of aromatic amines is 1. The van der Waals surface area contributed by atoms with E-state index in [1.54, 1.807) is 37.6 Å². The molecule has 26 heavy (non-hydrogen) atoms. The first-order chi connectivity index (χ1) is 12.6. The number of nitrogens with two attached hydrogens (primary N) is 1. The van der Waals surface area contributed by atoms with E-state index in [9.17, 15) is 4.79 Å². The summed E-state index contributed by atoms with van der Waals surface area (Å²) in [5, 5.41) is 10.4. The third-order valence-electron chi connectivity index (χ3n) is 3.56. The normalized spacial score (nSPS) is 10.8. The van der Waals surface area contributed by atoms with E-state index in [2.05, 4.69) is 20.5 Å². The number of aliphatic imine (C=N–C) groups is 1. The molecule has 0 spiro atoms. The highest BCUT2D eigenvalue weighted by atomic mass is 35.5. The second-order valence-electron chi connectivity index (χ2n) is 5.32. The van der Waals surface area contributed by atoms with E-state index >= 15 is 0 Å². The Morgan fingerprint density at radius 1 is 1.23 bits per heavy atom. The van der Waals surface area contributed by atoms with Gasteiger partial charge in [-0.15, -0.1) is 0 Å². The Bertz CT molecular complexity index is 933. The first-order valence-electron chi connectivity index (χ1n) is 7.65. The third kappa shape index (κ3) is 4.01. The molecule has 0 aliphatic heterocycles. The van der Waals surface area contributed by atoms with Crippen molar-refractivity contribution < 1.29 is 9.53 Å². The molecule has 0 saturated heterocycles. The Morgan fingerprint density at radius 3 is 2.54 bits per heavy atom.